The first-order valence-electron chi connectivity index (χ1n) is 46.7. The maximum absolute atomic E-state index is 12.8. The van der Waals surface area contributed by atoms with Gasteiger partial charge in [0, 0.05) is 67.3 Å². The molecule has 15 nitrogen and oxygen atoms in total. The maximum Gasteiger partial charge on any atom is 0.304 e. The predicted molar refractivity (Wildman–Crippen MR) is 501 cm³/mol. The van der Waals surface area contributed by atoms with Crippen LogP contribution < -0.4 is 5.73 Å². The highest BCUT2D eigenvalue weighted by Gasteiger charge is 2.54. The van der Waals surface area contributed by atoms with Crippen molar-refractivity contribution in [2.75, 3.05) is 39.3 Å². The molecule has 4 heterocycles. The van der Waals surface area contributed by atoms with Gasteiger partial charge in [-0.1, -0.05) is 289 Å². The number of carbonyl (C=O) groups excluding carboxylic acids is 6. The maximum atomic E-state index is 12.8. The van der Waals surface area contributed by atoms with Crippen LogP contribution in [0.2, 0.25) is 0 Å². The normalized spacial score (nSPS) is 28.3. The van der Waals surface area contributed by atoms with Crippen LogP contribution in [0.3, 0.4) is 0 Å². The monoisotopic (exact) mass is 1740 g/mol. The van der Waals surface area contributed by atoms with E-state index >= 15 is 0 Å². The first-order chi connectivity index (χ1) is 58.6. The van der Waals surface area contributed by atoms with Crippen molar-refractivity contribution in [3.8, 4) is 0 Å². The fourth-order valence-electron chi connectivity index (χ4n) is 21.5. The van der Waals surface area contributed by atoms with Gasteiger partial charge < -0.3 is 15.6 Å². The Labute approximate surface area is 752 Å². The minimum Gasteiger partial charge on any atom is -0.392 e. The number of ether oxygens (including phenoxy) is 1. The van der Waals surface area contributed by atoms with Crippen molar-refractivity contribution < 1.29 is 43.5 Å². The molecule has 8 aliphatic carbocycles. The Kier molecular flexibility index (Phi) is 40.6. The van der Waals surface area contributed by atoms with Crippen LogP contribution >= 0.6 is 37.2 Å². The molecule has 0 aromatic heterocycles. The number of aliphatic hydroxyl groups excluding tert-OH is 1. The van der Waals surface area contributed by atoms with E-state index in [0.717, 1.165) is 167 Å². The number of epoxide rings is 1. The van der Waals surface area contributed by atoms with Crippen LogP contribution in [0, 0.1) is 10.1 Å². The third-order valence-corrected chi connectivity index (χ3v) is 28.3. The van der Waals surface area contributed by atoms with Crippen LogP contribution in [0.4, 0.5) is 0 Å². The second kappa shape index (κ2) is 50.2. The summed E-state index contributed by atoms with van der Waals surface area (Å²) in [6, 6.07) is 70.3. The van der Waals surface area contributed by atoms with Gasteiger partial charge in [-0.3, -0.25) is 53.6 Å². The zero-order chi connectivity index (χ0) is 83.9. The zero-order valence-corrected chi connectivity index (χ0v) is 75.5. The molecular formula is C105H140Cl3N5O10. The van der Waals surface area contributed by atoms with E-state index in [1.54, 1.807) is 30.3 Å². The number of Topliss-reactive ketones (excluding diaryl/α,β-unsaturated/α-hetero) is 6. The molecule has 4 aliphatic heterocycles. The van der Waals surface area contributed by atoms with Gasteiger partial charge in [0.1, 0.15) is 27.9 Å². The number of aliphatic hydroxyl groups is 1. The molecule has 19 rings (SSSR count). The molecule has 12 fully saturated rings. The second-order valence-corrected chi connectivity index (χ2v) is 35.8. The number of fused-ring (bicyclic) bond motifs is 1. The molecular weight excluding hydrogens is 1600 g/mol. The van der Waals surface area contributed by atoms with Gasteiger partial charge in [0.15, 0.2) is 23.1 Å². The van der Waals surface area contributed by atoms with E-state index in [4.69, 9.17) is 10.5 Å². The van der Waals surface area contributed by atoms with Crippen LogP contribution in [0.5, 0.6) is 0 Å². The van der Waals surface area contributed by atoms with E-state index in [9.17, 15) is 44.0 Å². The lowest BCUT2D eigenvalue weighted by Crippen LogP contribution is -2.55. The molecule has 0 amide bonds. The lowest BCUT2D eigenvalue weighted by molar-refractivity contribution is -0.563. The molecule has 12 aliphatic rings. The van der Waals surface area contributed by atoms with E-state index in [0.29, 0.717) is 66.1 Å². The number of halogens is 3. The lowest BCUT2D eigenvalue weighted by atomic mass is 9.73. The molecule has 4 saturated heterocycles. The molecule has 0 spiro atoms. The Bertz CT molecular complexity index is 4100. The first-order valence-corrected chi connectivity index (χ1v) is 46.7. The summed E-state index contributed by atoms with van der Waals surface area (Å²) in [5.74, 6) is 2.29. The van der Waals surface area contributed by atoms with Crippen molar-refractivity contribution in [2.45, 2.75) is 321 Å². The summed E-state index contributed by atoms with van der Waals surface area (Å²) < 4.78 is 5.28. The molecule has 666 valence electrons. The molecule has 8 saturated carbocycles. The number of nitro groups is 1. The Morgan fingerprint density at radius 3 is 0.976 bits per heavy atom. The standard InChI is InChI=1S/3C17H23NO.C12H13NO3.C12H15NO.C12H16O.C12H14O.C6H10O.3ClH/c3*19-16-11-5-6-12-17(16,15-9-3-1-4-10-15)18-13-7-2-8-14-18;14-11-8-4-5-9-12(11,13(15)16)10-6-2-1-3-7-10;13-12(9-5-4-8-11(12)14)10-6-2-1-3-7-10;2*13-12-9-5-4-8-11(12)10-6-2-1-3-7-10;1-2-4-6-5(3-1)7-6;;;/h3*1,3-4,9-10H,2,5-8,11-14H2;1-3,6-7H,4-5,8-9H2;1-3,6-7H,4-5,8-9,13H2;1-3,6-7,11-13H,4-5,8-9H2;1-3,6-7,11H,4-5,8-9H2;5-6H,1-4H2;3*1H/t2*17-;;;;;;;;;/m10........./s1. The molecule has 18 heteroatoms. The SMILES string of the molecule is C1CCC2OC2C1.Cl.Cl.Cl.NC1(c2ccccc2)CCCCC1=O.O=C1CCCCC1(c1ccccc1)N1CCCCC1.O=C1CCCCC1(c1ccccc1)[N+](=O)[O-].O=C1CCCCC1c1ccccc1.O=C1CCCC[C@@]1(c1ccccc1)N1CCCCC1.O=C1CCCC[C@]1(c1ccccc1)N1CCCCC1.OC1CCCCC1c1ccccc1. The Balaban J connectivity index is 0.000000161. The average Bonchev–Trinajstić information content (AvgIpc) is 1.12. The summed E-state index contributed by atoms with van der Waals surface area (Å²) >= 11 is 0. The number of likely N-dealkylation sites (tertiary alicyclic amines) is 3. The van der Waals surface area contributed by atoms with Crippen LogP contribution in [0.25, 0.3) is 0 Å². The number of hydrogen-bond acceptors (Lipinski definition) is 14. The molecule has 0 radical (unpaired) electrons. The number of rotatable bonds is 11. The number of nitrogens with zero attached hydrogens (tertiary/aromatic N) is 4. The summed E-state index contributed by atoms with van der Waals surface area (Å²) in [4.78, 5) is 91.9. The zero-order valence-electron chi connectivity index (χ0n) is 73.0. The molecule has 123 heavy (non-hydrogen) atoms. The van der Waals surface area contributed by atoms with Gasteiger partial charge in [-0.05, 0) is 214 Å². The molecule has 7 aromatic rings. The van der Waals surface area contributed by atoms with Crippen LogP contribution in [0.1, 0.15) is 314 Å². The van der Waals surface area contributed by atoms with E-state index in [-0.39, 0.29) is 77.4 Å². The van der Waals surface area contributed by atoms with Crippen LogP contribution in [0.15, 0.2) is 212 Å². The third kappa shape index (κ3) is 25.3. The third-order valence-electron chi connectivity index (χ3n) is 28.3. The molecule has 0 bridgehead atoms. The van der Waals surface area contributed by atoms with Crippen molar-refractivity contribution in [3.05, 3.63) is 261 Å². The Hall–Kier alpha value is -7.41. The topological polar surface area (TPSA) is 214 Å². The number of ketones is 6. The summed E-state index contributed by atoms with van der Waals surface area (Å²) in [5, 5.41) is 21.1. The van der Waals surface area contributed by atoms with Gasteiger partial charge in [-0.25, -0.2) is 0 Å². The fourth-order valence-corrected chi connectivity index (χ4v) is 21.5. The summed E-state index contributed by atoms with van der Waals surface area (Å²) in [5.41, 5.74) is 10.7. The van der Waals surface area contributed by atoms with Crippen LogP contribution in [-0.4, -0.2) is 117 Å². The van der Waals surface area contributed by atoms with E-state index in [2.05, 4.69) is 124 Å². The molecule has 8 unspecified atom stereocenters. The van der Waals surface area contributed by atoms with Gasteiger partial charge in [0.2, 0.25) is 5.78 Å². The number of hydrogen-bond donors (Lipinski definition) is 2. The summed E-state index contributed by atoms with van der Waals surface area (Å²) in [6.45, 7) is 6.50. The van der Waals surface area contributed by atoms with E-state index < -0.39 is 16.0 Å². The number of benzene rings is 7. The van der Waals surface area contributed by atoms with Crippen molar-refractivity contribution in [3.63, 3.8) is 0 Å². The minimum atomic E-state index is -1.49. The minimum absolute atomic E-state index is 0. The van der Waals surface area contributed by atoms with Crippen molar-refractivity contribution in [1.82, 2.24) is 14.7 Å². The highest BCUT2D eigenvalue weighted by Crippen LogP contribution is 2.46. The highest BCUT2D eigenvalue weighted by atomic mass is 35.5. The van der Waals surface area contributed by atoms with Gasteiger partial charge in [-0.2, -0.15) is 0 Å². The van der Waals surface area contributed by atoms with Crippen LogP contribution in [-0.2, 0) is 61.2 Å². The Morgan fingerprint density at radius 2 is 0.626 bits per heavy atom. The van der Waals surface area contributed by atoms with Gasteiger partial charge in [-0.15, -0.1) is 37.2 Å². The lowest BCUT2D eigenvalue weighted by Gasteiger charge is -2.47. The van der Waals surface area contributed by atoms with Crippen molar-refractivity contribution in [1.29, 1.82) is 0 Å². The largest absolute Gasteiger partial charge is 0.392 e. The molecule has 7 aromatic carbocycles. The van der Waals surface area contributed by atoms with E-state index in [1.807, 2.05) is 72.8 Å². The number of carbonyl (C=O) groups is 6. The summed E-state index contributed by atoms with van der Waals surface area (Å²) in [6.07, 6.45) is 44.5. The predicted octanol–water partition coefficient (Wildman–Crippen LogP) is 23.0. The van der Waals surface area contributed by atoms with Gasteiger partial charge in [0.05, 0.1) is 18.3 Å². The van der Waals surface area contributed by atoms with Crippen molar-refractivity contribution in [2.24, 2.45) is 5.73 Å². The fraction of sp³-hybridized carbons (Fsp3) is 0.543. The molecule has 10 atom stereocenters. The van der Waals surface area contributed by atoms with Crippen molar-refractivity contribution >= 4 is 71.9 Å². The smallest absolute Gasteiger partial charge is 0.304 e. The average molecular weight is 1740 g/mol. The first kappa shape index (κ1) is 99.4. The highest BCUT2D eigenvalue weighted by molar-refractivity contribution is 5.93. The molecule has 3 N–H and O–H groups in total. The second-order valence-electron chi connectivity index (χ2n) is 35.8. The Morgan fingerprint density at radius 1 is 0.317 bits per heavy atom. The van der Waals surface area contributed by atoms with E-state index in [1.165, 1.54) is 150 Å². The summed E-state index contributed by atoms with van der Waals surface area (Å²) in [7, 11) is 0. The number of piperidine rings is 3. The van der Waals surface area contributed by atoms with Gasteiger partial charge >= 0.3 is 5.54 Å². The quantitative estimate of drug-likeness (QED) is 0.0700. The van der Waals surface area contributed by atoms with Gasteiger partial charge in [0.25, 0.3) is 0 Å². The number of nitrogens with two attached hydrogens (primary N) is 1.